The van der Waals surface area contributed by atoms with Gasteiger partial charge in [0.15, 0.2) is 0 Å². The van der Waals surface area contributed by atoms with Crippen molar-refractivity contribution in [3.8, 4) is 5.75 Å². The van der Waals surface area contributed by atoms with Gasteiger partial charge in [-0.15, -0.1) is 0 Å². The number of carboxylic acids is 1. The molecule has 24 heavy (non-hydrogen) atoms. The van der Waals surface area contributed by atoms with E-state index in [0.717, 1.165) is 17.4 Å². The van der Waals surface area contributed by atoms with Gasteiger partial charge >= 0.3 is 5.97 Å². The predicted molar refractivity (Wildman–Crippen MR) is 103 cm³/mol. The fourth-order valence-electron chi connectivity index (χ4n) is 1.94. The van der Waals surface area contributed by atoms with Crippen LogP contribution in [0.1, 0.15) is 40.2 Å². The van der Waals surface area contributed by atoms with Crippen LogP contribution < -0.4 is 4.43 Å². The van der Waals surface area contributed by atoms with Crippen LogP contribution in [0.15, 0.2) is 48.6 Å². The highest BCUT2D eigenvalue weighted by molar-refractivity contribution is 6.74. The van der Waals surface area contributed by atoms with Crippen molar-refractivity contribution in [2.24, 2.45) is 0 Å². The maximum Gasteiger partial charge on any atom is 0.328 e. The second-order valence-electron chi connectivity index (χ2n) is 8.17. The van der Waals surface area contributed by atoms with Gasteiger partial charge in [-0.25, -0.2) is 4.79 Å². The second-order valence-corrected chi connectivity index (χ2v) is 12.9. The Kier molecular flexibility index (Phi) is 6.23. The molecule has 132 valence electrons. The number of carbonyl (C=O) groups is 1. The van der Waals surface area contributed by atoms with E-state index < -0.39 is 14.3 Å². The van der Waals surface area contributed by atoms with E-state index in [1.807, 2.05) is 18.2 Å². The van der Waals surface area contributed by atoms with Crippen molar-refractivity contribution in [2.75, 3.05) is 0 Å². The highest BCUT2D eigenvalue weighted by Gasteiger charge is 2.39. The van der Waals surface area contributed by atoms with Crippen LogP contribution in [0.4, 0.5) is 0 Å². The van der Waals surface area contributed by atoms with Gasteiger partial charge in [0.1, 0.15) is 5.75 Å². The first kappa shape index (κ1) is 20.2. The van der Waals surface area contributed by atoms with Crippen LogP contribution in [0.5, 0.6) is 5.75 Å². The van der Waals surface area contributed by atoms with Crippen molar-refractivity contribution in [1.82, 2.24) is 0 Å². The molecule has 0 aliphatic heterocycles. The zero-order valence-electron chi connectivity index (χ0n) is 15.9. The number of allylic oxidation sites excluding steroid dienone is 3. The van der Waals surface area contributed by atoms with Gasteiger partial charge in [0.2, 0.25) is 8.32 Å². The standard InChI is InChI=1S/C20H30O3Si/c1-19(2,3)24(6,7)23-17-12-10-11-16(15-17)20(4,5)14-9-8-13-18(21)22/h8-15H,1-7H3,(H,21,22)/b13-8+,14-9+. The fourth-order valence-corrected chi connectivity index (χ4v) is 2.96. The average molecular weight is 347 g/mol. The molecular formula is C20H30O3Si. The zero-order chi connectivity index (χ0) is 18.6. The van der Waals surface area contributed by atoms with Gasteiger partial charge in [0.25, 0.3) is 0 Å². The Balaban J connectivity index is 3.01. The maximum absolute atomic E-state index is 10.5. The smallest absolute Gasteiger partial charge is 0.328 e. The van der Waals surface area contributed by atoms with Gasteiger partial charge < -0.3 is 9.53 Å². The van der Waals surface area contributed by atoms with Gasteiger partial charge in [-0.3, -0.25) is 0 Å². The molecule has 4 heteroatoms. The van der Waals surface area contributed by atoms with Crippen LogP contribution >= 0.6 is 0 Å². The molecule has 1 aromatic rings. The van der Waals surface area contributed by atoms with Crippen molar-refractivity contribution < 1.29 is 14.3 Å². The lowest BCUT2D eigenvalue weighted by molar-refractivity contribution is -0.131. The molecule has 0 unspecified atom stereocenters. The molecule has 0 amide bonds. The molecule has 3 nitrogen and oxygen atoms in total. The van der Waals surface area contributed by atoms with Crippen molar-refractivity contribution in [2.45, 2.75) is 58.2 Å². The van der Waals surface area contributed by atoms with Crippen LogP contribution in [0.25, 0.3) is 0 Å². The van der Waals surface area contributed by atoms with E-state index in [9.17, 15) is 4.79 Å². The largest absolute Gasteiger partial charge is 0.543 e. The molecule has 0 bridgehead atoms. The summed E-state index contributed by atoms with van der Waals surface area (Å²) in [4.78, 5) is 10.5. The van der Waals surface area contributed by atoms with Crippen molar-refractivity contribution in [3.63, 3.8) is 0 Å². The van der Waals surface area contributed by atoms with Gasteiger partial charge in [0.05, 0.1) is 0 Å². The minimum Gasteiger partial charge on any atom is -0.543 e. The lowest BCUT2D eigenvalue weighted by atomic mass is 9.84. The first-order valence-electron chi connectivity index (χ1n) is 8.23. The summed E-state index contributed by atoms with van der Waals surface area (Å²) in [5.41, 5.74) is 0.925. The molecule has 0 saturated heterocycles. The van der Waals surface area contributed by atoms with Crippen LogP contribution in [0.3, 0.4) is 0 Å². The van der Waals surface area contributed by atoms with E-state index in [2.05, 4.69) is 59.8 Å². The van der Waals surface area contributed by atoms with Crippen molar-refractivity contribution in [3.05, 3.63) is 54.1 Å². The summed E-state index contributed by atoms with van der Waals surface area (Å²) < 4.78 is 6.38. The summed E-state index contributed by atoms with van der Waals surface area (Å²) in [6.07, 6.45) is 6.44. The highest BCUT2D eigenvalue weighted by Crippen LogP contribution is 2.38. The maximum atomic E-state index is 10.5. The van der Waals surface area contributed by atoms with E-state index in [-0.39, 0.29) is 10.5 Å². The van der Waals surface area contributed by atoms with Crippen LogP contribution in [-0.4, -0.2) is 19.4 Å². The lowest BCUT2D eigenvalue weighted by Gasteiger charge is -2.36. The molecule has 0 saturated carbocycles. The molecule has 1 aromatic carbocycles. The number of hydrogen-bond donors (Lipinski definition) is 1. The van der Waals surface area contributed by atoms with Gasteiger partial charge in [-0.1, -0.05) is 65.0 Å². The van der Waals surface area contributed by atoms with E-state index in [0.29, 0.717) is 0 Å². The summed E-state index contributed by atoms with van der Waals surface area (Å²) in [5.74, 6) is -0.0381. The highest BCUT2D eigenvalue weighted by atomic mass is 28.4. The topological polar surface area (TPSA) is 46.5 Å². The Morgan fingerprint density at radius 2 is 1.75 bits per heavy atom. The predicted octanol–water partition coefficient (Wildman–Crippen LogP) is 5.55. The lowest BCUT2D eigenvalue weighted by Crippen LogP contribution is -2.43. The second kappa shape index (κ2) is 7.39. The van der Waals surface area contributed by atoms with Crippen LogP contribution in [0.2, 0.25) is 18.1 Å². The number of hydrogen-bond acceptors (Lipinski definition) is 2. The first-order chi connectivity index (χ1) is 10.8. The summed E-state index contributed by atoms with van der Waals surface area (Å²) in [5, 5.41) is 8.79. The van der Waals surface area contributed by atoms with E-state index >= 15 is 0 Å². The molecule has 1 N–H and O–H groups in total. The van der Waals surface area contributed by atoms with Gasteiger partial charge in [-0.2, -0.15) is 0 Å². The molecule has 0 spiro atoms. The molecule has 0 aliphatic rings. The van der Waals surface area contributed by atoms with E-state index in [1.54, 1.807) is 12.2 Å². The van der Waals surface area contributed by atoms with Crippen LogP contribution in [-0.2, 0) is 10.2 Å². The summed E-state index contributed by atoms with van der Waals surface area (Å²) in [7, 11) is -1.87. The Labute approximate surface area is 147 Å². The third-order valence-electron chi connectivity index (χ3n) is 4.62. The quantitative estimate of drug-likeness (QED) is 0.417. The molecule has 1 rings (SSSR count). The average Bonchev–Trinajstić information content (AvgIpc) is 2.42. The van der Waals surface area contributed by atoms with Gasteiger partial charge in [0, 0.05) is 11.5 Å². The third kappa shape index (κ3) is 5.68. The van der Waals surface area contributed by atoms with Gasteiger partial charge in [-0.05, 0) is 35.8 Å². The monoisotopic (exact) mass is 346 g/mol. The normalized spacial score (nSPS) is 13.6. The number of rotatable bonds is 6. The number of aliphatic carboxylic acids is 1. The molecule has 0 aliphatic carbocycles. The molecule has 0 aromatic heterocycles. The minimum atomic E-state index is -1.87. The van der Waals surface area contributed by atoms with E-state index in [4.69, 9.17) is 9.53 Å². The summed E-state index contributed by atoms with van der Waals surface area (Å²) >= 11 is 0. The fraction of sp³-hybridized carbons (Fsp3) is 0.450. The molecule has 0 heterocycles. The third-order valence-corrected chi connectivity index (χ3v) is 8.98. The van der Waals surface area contributed by atoms with Crippen molar-refractivity contribution in [1.29, 1.82) is 0 Å². The Bertz CT molecular complexity index is 635. The molecule has 0 fully saturated rings. The Hall–Kier alpha value is -1.81. The first-order valence-corrected chi connectivity index (χ1v) is 11.1. The van der Waals surface area contributed by atoms with Crippen LogP contribution in [0, 0.1) is 0 Å². The van der Waals surface area contributed by atoms with E-state index in [1.165, 1.54) is 0 Å². The summed E-state index contributed by atoms with van der Waals surface area (Å²) in [6, 6.07) is 8.18. The SMILES string of the molecule is CC(C)(/C=C/C=C/C(=O)O)c1cccc(O[Si](C)(C)C(C)(C)C)c1. The Morgan fingerprint density at radius 3 is 2.29 bits per heavy atom. The molecule has 0 atom stereocenters. The molecular weight excluding hydrogens is 316 g/mol. The number of benzene rings is 1. The minimum absolute atomic E-state index is 0.153. The van der Waals surface area contributed by atoms with Crippen molar-refractivity contribution >= 4 is 14.3 Å². The Morgan fingerprint density at radius 1 is 1.12 bits per heavy atom. The number of carboxylic acid groups (broad SMARTS) is 1. The molecule has 0 radical (unpaired) electrons. The zero-order valence-corrected chi connectivity index (χ0v) is 16.9. The summed E-state index contributed by atoms with van der Waals surface area (Å²) in [6.45, 7) is 15.4.